The Morgan fingerprint density at radius 1 is 1.48 bits per heavy atom. The van der Waals surface area contributed by atoms with Crippen molar-refractivity contribution in [3.05, 3.63) is 33.3 Å². The summed E-state index contributed by atoms with van der Waals surface area (Å²) in [5.74, 6) is 0. The molecule has 0 aromatic heterocycles. The summed E-state index contributed by atoms with van der Waals surface area (Å²) in [4.78, 5) is 14.1. The molecule has 1 aliphatic rings. The van der Waals surface area contributed by atoms with E-state index in [4.69, 9.17) is 16.3 Å². The average Bonchev–Trinajstić information content (AvgIpc) is 2.89. The van der Waals surface area contributed by atoms with E-state index in [0.717, 1.165) is 42.5 Å². The second-order valence-corrected chi connectivity index (χ2v) is 8.11. The summed E-state index contributed by atoms with van der Waals surface area (Å²) in [7, 11) is 0. The Morgan fingerprint density at radius 2 is 2.22 bits per heavy atom. The van der Waals surface area contributed by atoms with Gasteiger partial charge in [0.2, 0.25) is 0 Å². The highest BCUT2D eigenvalue weighted by molar-refractivity contribution is 9.10. The molecule has 1 aromatic rings. The van der Waals surface area contributed by atoms with Crippen molar-refractivity contribution in [1.29, 1.82) is 0 Å². The Bertz CT molecular complexity index is 560. The number of carbonyl (C=O) groups is 1. The molecule has 1 aromatic carbocycles. The van der Waals surface area contributed by atoms with Crippen molar-refractivity contribution in [1.82, 2.24) is 10.2 Å². The van der Waals surface area contributed by atoms with Crippen molar-refractivity contribution >= 4 is 33.6 Å². The van der Waals surface area contributed by atoms with Gasteiger partial charge in [0.15, 0.2) is 0 Å². The number of likely N-dealkylation sites (tertiary alicyclic amines) is 1. The molecule has 1 saturated heterocycles. The minimum Gasteiger partial charge on any atom is -0.444 e. The lowest BCUT2D eigenvalue weighted by molar-refractivity contribution is 0.0226. The van der Waals surface area contributed by atoms with E-state index in [-0.39, 0.29) is 12.1 Å². The van der Waals surface area contributed by atoms with Crippen molar-refractivity contribution < 1.29 is 9.53 Å². The summed E-state index contributed by atoms with van der Waals surface area (Å²) in [5, 5.41) is 4.13. The lowest BCUT2D eigenvalue weighted by Gasteiger charge is -2.28. The molecule has 2 rings (SSSR count). The Kier molecular flexibility index (Phi) is 6.34. The smallest absolute Gasteiger partial charge is 0.410 e. The molecule has 128 valence electrons. The van der Waals surface area contributed by atoms with Gasteiger partial charge in [-0.25, -0.2) is 4.79 Å². The zero-order valence-electron chi connectivity index (χ0n) is 13.9. The maximum absolute atomic E-state index is 12.2. The van der Waals surface area contributed by atoms with Gasteiger partial charge in [-0.15, -0.1) is 0 Å². The third-order valence-corrected chi connectivity index (χ3v) is 4.91. The van der Waals surface area contributed by atoms with Gasteiger partial charge in [-0.2, -0.15) is 0 Å². The predicted octanol–water partition coefficient (Wildman–Crippen LogP) is 4.59. The number of benzene rings is 1. The highest BCUT2D eigenvalue weighted by atomic mass is 79.9. The number of nitrogens with zero attached hydrogens (tertiary/aromatic N) is 1. The molecular formula is C17H24BrClN2O2. The molecule has 0 radical (unpaired) electrons. The summed E-state index contributed by atoms with van der Waals surface area (Å²) in [6.45, 7) is 7.97. The van der Waals surface area contributed by atoms with Gasteiger partial charge in [0.05, 0.1) is 5.02 Å². The summed E-state index contributed by atoms with van der Waals surface area (Å²) in [6.07, 6.45) is 1.82. The van der Waals surface area contributed by atoms with Crippen LogP contribution in [0.25, 0.3) is 0 Å². The average molecular weight is 404 g/mol. The van der Waals surface area contributed by atoms with Crippen LogP contribution in [0.4, 0.5) is 4.79 Å². The van der Waals surface area contributed by atoms with E-state index in [2.05, 4.69) is 21.2 Å². The maximum atomic E-state index is 12.2. The zero-order chi connectivity index (χ0) is 17.0. The first-order valence-electron chi connectivity index (χ1n) is 7.90. The lowest BCUT2D eigenvalue weighted by atomic mass is 10.2. The van der Waals surface area contributed by atoms with Gasteiger partial charge in [-0.1, -0.05) is 17.7 Å². The Hall–Kier alpha value is -0.780. The van der Waals surface area contributed by atoms with E-state index in [1.165, 1.54) is 0 Å². The van der Waals surface area contributed by atoms with Crippen LogP contribution in [0, 0.1) is 0 Å². The molecule has 0 aliphatic carbocycles. The lowest BCUT2D eigenvalue weighted by Crippen LogP contribution is -2.44. The van der Waals surface area contributed by atoms with E-state index in [9.17, 15) is 4.79 Å². The molecule has 1 aliphatic heterocycles. The number of carbonyl (C=O) groups excluding carboxylic acids is 1. The number of nitrogens with one attached hydrogen (secondary N) is 1. The van der Waals surface area contributed by atoms with E-state index in [0.29, 0.717) is 5.02 Å². The molecule has 1 fully saturated rings. The largest absolute Gasteiger partial charge is 0.444 e. The van der Waals surface area contributed by atoms with Gasteiger partial charge in [0.25, 0.3) is 0 Å². The van der Waals surface area contributed by atoms with E-state index in [1.54, 1.807) is 0 Å². The summed E-state index contributed by atoms with van der Waals surface area (Å²) >= 11 is 9.43. The second-order valence-electron chi connectivity index (χ2n) is 6.85. The fourth-order valence-corrected chi connectivity index (χ4v) is 3.19. The van der Waals surface area contributed by atoms with Gasteiger partial charge in [-0.3, -0.25) is 0 Å². The third-order valence-electron chi connectivity index (χ3n) is 3.70. The first kappa shape index (κ1) is 18.6. The molecule has 1 amide bonds. The number of hydrogen-bond acceptors (Lipinski definition) is 3. The highest BCUT2D eigenvalue weighted by Crippen LogP contribution is 2.23. The van der Waals surface area contributed by atoms with Gasteiger partial charge < -0.3 is 15.0 Å². The normalized spacial score (nSPS) is 18.3. The molecule has 4 nitrogen and oxygen atoms in total. The number of hydrogen-bond donors (Lipinski definition) is 1. The molecule has 1 unspecified atom stereocenters. The van der Waals surface area contributed by atoms with Crippen molar-refractivity contribution in [2.75, 3.05) is 13.1 Å². The van der Waals surface area contributed by atoms with Crippen LogP contribution in [0.1, 0.15) is 39.2 Å². The molecule has 1 N–H and O–H groups in total. The minimum atomic E-state index is -0.451. The monoisotopic (exact) mass is 402 g/mol. The topological polar surface area (TPSA) is 41.6 Å². The molecule has 0 bridgehead atoms. The Labute approximate surface area is 151 Å². The maximum Gasteiger partial charge on any atom is 0.410 e. The summed E-state index contributed by atoms with van der Waals surface area (Å²) in [6, 6.07) is 6.09. The molecule has 1 atom stereocenters. The van der Waals surface area contributed by atoms with Gasteiger partial charge in [0, 0.05) is 30.1 Å². The van der Waals surface area contributed by atoms with Gasteiger partial charge in [0.1, 0.15) is 5.60 Å². The van der Waals surface area contributed by atoms with Crippen LogP contribution in [0.5, 0.6) is 0 Å². The molecule has 6 heteroatoms. The van der Waals surface area contributed by atoms with Crippen LogP contribution in [-0.2, 0) is 11.3 Å². The summed E-state index contributed by atoms with van der Waals surface area (Å²) < 4.78 is 6.38. The standard InChI is InChI=1S/C17H24BrClN2O2/c1-17(2,3)23-16(22)21-8-4-5-13(21)11-20-10-12-6-7-15(19)14(18)9-12/h6-7,9,13,20H,4-5,8,10-11H2,1-3H3. The predicted molar refractivity (Wildman–Crippen MR) is 96.8 cm³/mol. The quantitative estimate of drug-likeness (QED) is 0.799. The van der Waals surface area contributed by atoms with E-state index in [1.807, 2.05) is 43.9 Å². The van der Waals surface area contributed by atoms with Crippen LogP contribution in [0.15, 0.2) is 22.7 Å². The van der Waals surface area contributed by atoms with Crippen molar-refractivity contribution in [3.63, 3.8) is 0 Å². The minimum absolute atomic E-state index is 0.195. The Balaban J connectivity index is 1.84. The van der Waals surface area contributed by atoms with Crippen LogP contribution < -0.4 is 5.32 Å². The summed E-state index contributed by atoms with van der Waals surface area (Å²) in [5.41, 5.74) is 0.704. The van der Waals surface area contributed by atoms with Crippen molar-refractivity contribution in [3.8, 4) is 0 Å². The zero-order valence-corrected chi connectivity index (χ0v) is 16.2. The van der Waals surface area contributed by atoms with Gasteiger partial charge >= 0.3 is 6.09 Å². The van der Waals surface area contributed by atoms with E-state index >= 15 is 0 Å². The number of ether oxygens (including phenoxy) is 1. The highest BCUT2D eigenvalue weighted by Gasteiger charge is 2.31. The molecule has 23 heavy (non-hydrogen) atoms. The molecule has 1 heterocycles. The fraction of sp³-hybridized carbons (Fsp3) is 0.588. The van der Waals surface area contributed by atoms with Crippen LogP contribution >= 0.6 is 27.5 Å². The number of rotatable bonds is 4. The number of amides is 1. The third kappa shape index (κ3) is 5.66. The van der Waals surface area contributed by atoms with Gasteiger partial charge in [-0.05, 0) is 67.2 Å². The van der Waals surface area contributed by atoms with Crippen molar-refractivity contribution in [2.45, 2.75) is 51.8 Å². The SMILES string of the molecule is CC(C)(C)OC(=O)N1CCCC1CNCc1ccc(Cl)c(Br)c1. The first-order chi connectivity index (χ1) is 10.8. The first-order valence-corrected chi connectivity index (χ1v) is 9.07. The molecule has 0 saturated carbocycles. The molecular weight excluding hydrogens is 380 g/mol. The van der Waals surface area contributed by atoms with E-state index < -0.39 is 5.60 Å². The number of halogens is 2. The Morgan fingerprint density at radius 3 is 2.87 bits per heavy atom. The van der Waals surface area contributed by atoms with Crippen LogP contribution in [0.2, 0.25) is 5.02 Å². The molecule has 0 spiro atoms. The van der Waals surface area contributed by atoms with Crippen molar-refractivity contribution in [2.24, 2.45) is 0 Å². The second kappa shape index (κ2) is 7.86. The fourth-order valence-electron chi connectivity index (χ4n) is 2.64. The van der Waals surface area contributed by atoms with Crippen LogP contribution in [-0.4, -0.2) is 35.7 Å². The van der Waals surface area contributed by atoms with Crippen LogP contribution in [0.3, 0.4) is 0 Å².